The number of nitrogens with one attached hydrogen (secondary N) is 1. The molecule has 0 bridgehead atoms. The van der Waals surface area contributed by atoms with Crippen molar-refractivity contribution in [2.45, 2.75) is 25.8 Å². The lowest BCUT2D eigenvalue weighted by Gasteiger charge is -2.35. The molecule has 0 atom stereocenters. The fraction of sp³-hybridized carbons (Fsp3) is 0.320. The zero-order valence-corrected chi connectivity index (χ0v) is 18.7. The third kappa shape index (κ3) is 5.06. The summed E-state index contributed by atoms with van der Waals surface area (Å²) in [7, 11) is 4.19. The Labute approximate surface area is 187 Å². The molecule has 0 unspecified atom stereocenters. The van der Waals surface area contributed by atoms with Gasteiger partial charge >= 0.3 is 0 Å². The van der Waals surface area contributed by atoms with Gasteiger partial charge in [-0.15, -0.1) is 0 Å². The van der Waals surface area contributed by atoms with Gasteiger partial charge in [0.05, 0.1) is 0 Å². The molecule has 0 aliphatic carbocycles. The molecule has 4 rings (SSSR count). The smallest absolute Gasteiger partial charge is 0.290 e. The second kappa shape index (κ2) is 10.2. The minimum absolute atomic E-state index is 0.0802. The Morgan fingerprint density at radius 3 is 2.31 bits per heavy atom. The molecular weight excluding hydrogens is 406 g/mol. The van der Waals surface area contributed by atoms with Crippen molar-refractivity contribution in [1.29, 1.82) is 0 Å². The molecule has 1 amide bonds. The van der Waals surface area contributed by atoms with Crippen LogP contribution in [0.1, 0.15) is 28.8 Å². The Bertz CT molecular complexity index is 1140. The second-order valence-electron chi connectivity index (χ2n) is 8.22. The Morgan fingerprint density at radius 1 is 1.09 bits per heavy atom. The summed E-state index contributed by atoms with van der Waals surface area (Å²) in [5.41, 5.74) is 3.34. The summed E-state index contributed by atoms with van der Waals surface area (Å²) in [4.78, 5) is 40.8. The third-order valence-electron chi connectivity index (χ3n) is 6.03. The van der Waals surface area contributed by atoms with Crippen molar-refractivity contribution in [3.63, 3.8) is 0 Å². The first-order valence-corrected chi connectivity index (χ1v) is 10.6. The number of aromatic amines is 1. The van der Waals surface area contributed by atoms with E-state index in [1.54, 1.807) is 0 Å². The monoisotopic (exact) mass is 435 g/mol. The molecule has 1 aliphatic heterocycles. The zero-order valence-electron chi connectivity index (χ0n) is 18.7. The van der Waals surface area contributed by atoms with Crippen LogP contribution in [0.4, 0.5) is 0 Å². The summed E-state index contributed by atoms with van der Waals surface area (Å²) in [6, 6.07) is 15.8. The van der Waals surface area contributed by atoms with Gasteiger partial charge in [-0.3, -0.25) is 14.4 Å². The van der Waals surface area contributed by atoms with E-state index in [-0.39, 0.29) is 17.9 Å². The van der Waals surface area contributed by atoms with E-state index in [1.165, 1.54) is 0 Å². The number of piperidine rings is 1. The summed E-state index contributed by atoms with van der Waals surface area (Å²) in [5, 5.41) is 8.54. The Kier molecular flexibility index (Phi) is 7.43. The van der Waals surface area contributed by atoms with Crippen molar-refractivity contribution in [1.82, 2.24) is 14.8 Å². The summed E-state index contributed by atoms with van der Waals surface area (Å²) >= 11 is 0. The van der Waals surface area contributed by atoms with Crippen LogP contribution in [-0.4, -0.2) is 65.5 Å². The highest BCUT2D eigenvalue weighted by molar-refractivity contribution is 5.95. The predicted octanol–water partition coefficient (Wildman–Crippen LogP) is 3.37. The molecule has 32 heavy (non-hydrogen) atoms. The van der Waals surface area contributed by atoms with Gasteiger partial charge in [-0.25, -0.2) is 0 Å². The maximum Gasteiger partial charge on any atom is 0.290 e. The number of carbonyl (C=O) groups is 2. The molecule has 1 saturated heterocycles. The minimum Gasteiger partial charge on any atom is -0.483 e. The lowest BCUT2D eigenvalue weighted by atomic mass is 10.0. The highest BCUT2D eigenvalue weighted by Gasteiger charge is 2.24. The first-order valence-electron chi connectivity index (χ1n) is 10.6. The maximum atomic E-state index is 12.9. The highest BCUT2D eigenvalue weighted by atomic mass is 16.3. The number of carbonyl (C=O) groups excluding carboxylic acids is 1. The summed E-state index contributed by atoms with van der Waals surface area (Å²) < 4.78 is 0. The fourth-order valence-corrected chi connectivity index (χ4v) is 4.16. The number of hydrogen-bond acceptors (Lipinski definition) is 4. The number of aromatic nitrogens is 1. The van der Waals surface area contributed by atoms with E-state index in [9.17, 15) is 9.59 Å². The lowest BCUT2D eigenvalue weighted by molar-refractivity contribution is -0.122. The number of rotatable bonds is 3. The second-order valence-corrected chi connectivity index (χ2v) is 8.22. The number of H-pyrrole nitrogens is 1. The molecule has 2 heterocycles. The number of fused-ring (bicyclic) bond motifs is 1. The van der Waals surface area contributed by atoms with Crippen LogP contribution >= 0.6 is 0 Å². The molecule has 2 aromatic carbocycles. The van der Waals surface area contributed by atoms with Crippen molar-refractivity contribution >= 4 is 23.2 Å². The van der Waals surface area contributed by atoms with Gasteiger partial charge in [-0.05, 0) is 74.6 Å². The van der Waals surface area contributed by atoms with Crippen molar-refractivity contribution in [3.8, 4) is 11.3 Å². The number of nitrogens with zero attached hydrogens (tertiary/aromatic N) is 2. The van der Waals surface area contributed by atoms with Crippen LogP contribution in [0.2, 0.25) is 0 Å². The van der Waals surface area contributed by atoms with Crippen LogP contribution in [0.15, 0.2) is 53.3 Å². The van der Waals surface area contributed by atoms with E-state index >= 15 is 0 Å². The first kappa shape index (κ1) is 23.2. The van der Waals surface area contributed by atoms with E-state index in [0.29, 0.717) is 17.0 Å². The Hall–Kier alpha value is -3.45. The molecule has 1 fully saturated rings. The molecule has 168 valence electrons. The molecule has 0 radical (unpaired) electrons. The van der Waals surface area contributed by atoms with Crippen LogP contribution in [0.25, 0.3) is 22.0 Å². The molecular formula is C25H29N3O4. The topological polar surface area (TPSA) is 93.7 Å². The number of amides is 1. The number of benzene rings is 2. The van der Waals surface area contributed by atoms with Gasteiger partial charge in [-0.2, -0.15) is 0 Å². The van der Waals surface area contributed by atoms with Gasteiger partial charge in [0.15, 0.2) is 0 Å². The van der Waals surface area contributed by atoms with Crippen molar-refractivity contribution in [3.05, 3.63) is 70.0 Å². The maximum absolute atomic E-state index is 12.9. The van der Waals surface area contributed by atoms with Crippen molar-refractivity contribution in [2.24, 2.45) is 0 Å². The van der Waals surface area contributed by atoms with E-state index < -0.39 is 0 Å². The molecule has 1 aliphatic rings. The quantitative estimate of drug-likeness (QED) is 0.615. The minimum atomic E-state index is -0.250. The first-order chi connectivity index (χ1) is 15.3. The van der Waals surface area contributed by atoms with E-state index in [2.05, 4.69) is 24.0 Å². The molecule has 7 nitrogen and oxygen atoms in total. The molecule has 7 heteroatoms. The van der Waals surface area contributed by atoms with Gasteiger partial charge in [0.2, 0.25) is 0 Å². The van der Waals surface area contributed by atoms with Crippen LogP contribution in [-0.2, 0) is 4.79 Å². The van der Waals surface area contributed by atoms with Crippen LogP contribution < -0.4 is 5.56 Å². The van der Waals surface area contributed by atoms with Gasteiger partial charge < -0.3 is 19.9 Å². The van der Waals surface area contributed by atoms with Crippen molar-refractivity contribution < 1.29 is 14.7 Å². The number of hydrogen-bond donors (Lipinski definition) is 2. The molecule has 0 saturated carbocycles. The fourth-order valence-electron chi connectivity index (χ4n) is 4.16. The van der Waals surface area contributed by atoms with Crippen LogP contribution in [0.3, 0.4) is 0 Å². The van der Waals surface area contributed by atoms with E-state index in [0.717, 1.165) is 48.1 Å². The summed E-state index contributed by atoms with van der Waals surface area (Å²) in [6.07, 6.45) is 2.02. The van der Waals surface area contributed by atoms with E-state index in [4.69, 9.17) is 9.90 Å². The third-order valence-corrected chi connectivity index (χ3v) is 6.03. The zero-order chi connectivity index (χ0) is 23.3. The van der Waals surface area contributed by atoms with Crippen molar-refractivity contribution in [2.75, 3.05) is 27.2 Å². The molecule has 2 N–H and O–H groups in total. The van der Waals surface area contributed by atoms with Gasteiger partial charge in [0.1, 0.15) is 0 Å². The molecule has 3 aromatic rings. The highest BCUT2D eigenvalue weighted by Crippen LogP contribution is 2.23. The normalized spacial score (nSPS) is 14.2. The van der Waals surface area contributed by atoms with Crippen LogP contribution in [0, 0.1) is 6.92 Å². The average Bonchev–Trinajstić information content (AvgIpc) is 2.80. The molecule has 0 spiro atoms. The standard InChI is InChI=1S/C24H27N3O2.CH2O2/c1-16-5-4-6-20-21(16)15-22(25-23(20)28)17-7-9-18(10-8-17)24(29)27-13-11-19(12-14-27)26(2)3;2-1-3/h4-10,15,19H,11-14H2,1-3H3,(H,25,28);1H,(H,2,3). The average molecular weight is 436 g/mol. The van der Waals surface area contributed by atoms with E-state index in [1.807, 2.05) is 60.4 Å². The van der Waals surface area contributed by atoms with Crippen LogP contribution in [0.5, 0.6) is 0 Å². The Balaban J connectivity index is 0.000000913. The number of pyridine rings is 1. The molecule has 1 aromatic heterocycles. The number of likely N-dealkylation sites (tertiary alicyclic amines) is 1. The summed E-state index contributed by atoms with van der Waals surface area (Å²) in [6.45, 7) is 3.34. The predicted molar refractivity (Wildman–Crippen MR) is 126 cm³/mol. The summed E-state index contributed by atoms with van der Waals surface area (Å²) in [5.74, 6) is 0.0802. The lowest BCUT2D eigenvalue weighted by Crippen LogP contribution is -2.44. The van der Waals surface area contributed by atoms with Gasteiger partial charge in [0.25, 0.3) is 17.9 Å². The largest absolute Gasteiger partial charge is 0.483 e. The Morgan fingerprint density at radius 2 is 1.72 bits per heavy atom. The number of carboxylic acid groups (broad SMARTS) is 1. The van der Waals surface area contributed by atoms with Gasteiger partial charge in [-0.1, -0.05) is 24.3 Å². The SMILES string of the molecule is Cc1cccc2c(=O)[nH]c(-c3ccc(C(=O)N4CCC(N(C)C)CC4)cc3)cc12.O=CO. The van der Waals surface area contributed by atoms with Gasteiger partial charge in [0, 0.05) is 35.8 Å². The number of aryl methyl sites for hydroxylation is 1.